The van der Waals surface area contributed by atoms with E-state index in [1.54, 1.807) is 0 Å². The van der Waals surface area contributed by atoms with Crippen LogP contribution in [-0.2, 0) is 4.79 Å². The Bertz CT molecular complexity index is 246. The normalized spacial score (nSPS) is 29.8. The number of carbonyl (C=O) groups excluding carboxylic acids is 1. The second kappa shape index (κ2) is 4.36. The minimum Gasteiger partial charge on any atom is -0.353 e. The van der Waals surface area contributed by atoms with Crippen molar-refractivity contribution >= 4 is 17.7 Å². The minimum atomic E-state index is 0.285. The van der Waals surface area contributed by atoms with Crippen LogP contribution in [0.3, 0.4) is 0 Å². The Kier molecular flexibility index (Phi) is 3.29. The van der Waals surface area contributed by atoms with Crippen molar-refractivity contribution in [3.05, 3.63) is 0 Å². The molecule has 0 aromatic carbocycles. The molecule has 2 nitrogen and oxygen atoms in total. The Morgan fingerprint density at radius 2 is 2.13 bits per heavy atom. The SMILES string of the molecule is CC(C)CC1NC(=O)CC12CCSCC2. The predicted octanol–water partition coefficient (Wildman–Crippen LogP) is 2.43. The van der Waals surface area contributed by atoms with Gasteiger partial charge in [-0.2, -0.15) is 11.8 Å². The molecule has 86 valence electrons. The van der Waals surface area contributed by atoms with E-state index in [-0.39, 0.29) is 5.91 Å². The van der Waals surface area contributed by atoms with Crippen LogP contribution in [0.2, 0.25) is 0 Å². The smallest absolute Gasteiger partial charge is 0.220 e. The highest BCUT2D eigenvalue weighted by molar-refractivity contribution is 7.99. The maximum Gasteiger partial charge on any atom is 0.220 e. The summed E-state index contributed by atoms with van der Waals surface area (Å²) < 4.78 is 0. The van der Waals surface area contributed by atoms with Crippen LogP contribution < -0.4 is 5.32 Å². The Balaban J connectivity index is 2.09. The highest BCUT2D eigenvalue weighted by Gasteiger charge is 2.46. The van der Waals surface area contributed by atoms with Gasteiger partial charge < -0.3 is 5.32 Å². The topological polar surface area (TPSA) is 29.1 Å². The molecule has 0 bridgehead atoms. The van der Waals surface area contributed by atoms with Gasteiger partial charge in [-0.1, -0.05) is 13.8 Å². The Morgan fingerprint density at radius 1 is 1.47 bits per heavy atom. The van der Waals surface area contributed by atoms with E-state index in [0.717, 1.165) is 12.8 Å². The van der Waals surface area contributed by atoms with Crippen molar-refractivity contribution in [1.82, 2.24) is 5.32 Å². The average molecular weight is 227 g/mol. The van der Waals surface area contributed by atoms with Crippen molar-refractivity contribution in [3.8, 4) is 0 Å². The summed E-state index contributed by atoms with van der Waals surface area (Å²) in [6, 6.07) is 0.450. The Morgan fingerprint density at radius 3 is 2.73 bits per heavy atom. The van der Waals surface area contributed by atoms with Gasteiger partial charge in [0.05, 0.1) is 0 Å². The van der Waals surface area contributed by atoms with Crippen LogP contribution in [0, 0.1) is 11.3 Å². The van der Waals surface area contributed by atoms with Crippen LogP contribution >= 0.6 is 11.8 Å². The van der Waals surface area contributed by atoms with E-state index in [2.05, 4.69) is 19.2 Å². The Hall–Kier alpha value is -0.180. The van der Waals surface area contributed by atoms with E-state index in [9.17, 15) is 4.79 Å². The van der Waals surface area contributed by atoms with Gasteiger partial charge in [0.2, 0.25) is 5.91 Å². The van der Waals surface area contributed by atoms with Crippen molar-refractivity contribution in [2.24, 2.45) is 11.3 Å². The maximum absolute atomic E-state index is 11.6. The molecule has 15 heavy (non-hydrogen) atoms. The molecular formula is C12H21NOS. The fourth-order valence-electron chi connectivity index (χ4n) is 2.92. The van der Waals surface area contributed by atoms with E-state index in [0.29, 0.717) is 17.4 Å². The van der Waals surface area contributed by atoms with Crippen molar-refractivity contribution in [3.63, 3.8) is 0 Å². The standard InChI is InChI=1S/C12H21NOS/c1-9(2)7-10-12(8-11(14)13-10)3-5-15-6-4-12/h9-10H,3-8H2,1-2H3,(H,13,14). The van der Waals surface area contributed by atoms with Crippen molar-refractivity contribution in [2.45, 2.75) is 45.6 Å². The number of thioether (sulfide) groups is 1. The minimum absolute atomic E-state index is 0.285. The van der Waals surface area contributed by atoms with Crippen LogP contribution in [0.15, 0.2) is 0 Å². The van der Waals surface area contributed by atoms with E-state index in [1.165, 1.54) is 24.3 Å². The summed E-state index contributed by atoms with van der Waals surface area (Å²) >= 11 is 2.04. The molecule has 0 aliphatic carbocycles. The third-order valence-electron chi connectivity index (χ3n) is 3.78. The summed E-state index contributed by atoms with van der Waals surface area (Å²) in [6.45, 7) is 4.49. The highest BCUT2D eigenvalue weighted by atomic mass is 32.2. The van der Waals surface area contributed by atoms with Gasteiger partial charge in [0.25, 0.3) is 0 Å². The maximum atomic E-state index is 11.6. The summed E-state index contributed by atoms with van der Waals surface area (Å²) in [5.74, 6) is 3.44. The molecule has 2 fully saturated rings. The highest BCUT2D eigenvalue weighted by Crippen LogP contribution is 2.45. The van der Waals surface area contributed by atoms with E-state index < -0.39 is 0 Å². The number of amides is 1. The monoisotopic (exact) mass is 227 g/mol. The van der Waals surface area contributed by atoms with E-state index in [4.69, 9.17) is 0 Å². The Labute approximate surface area is 96.6 Å². The van der Waals surface area contributed by atoms with E-state index in [1.807, 2.05) is 11.8 Å². The molecule has 0 saturated carbocycles. The molecule has 2 rings (SSSR count). The van der Waals surface area contributed by atoms with Gasteiger partial charge in [0, 0.05) is 17.9 Å². The molecular weight excluding hydrogens is 206 g/mol. The first-order valence-corrected chi connectivity index (χ1v) is 7.15. The zero-order valence-corrected chi connectivity index (χ0v) is 10.5. The van der Waals surface area contributed by atoms with Gasteiger partial charge in [0.15, 0.2) is 0 Å². The lowest BCUT2D eigenvalue weighted by molar-refractivity contribution is -0.119. The lowest BCUT2D eigenvalue weighted by Crippen LogP contribution is -2.40. The lowest BCUT2D eigenvalue weighted by Gasteiger charge is -2.38. The molecule has 1 unspecified atom stereocenters. The fraction of sp³-hybridized carbons (Fsp3) is 0.917. The van der Waals surface area contributed by atoms with Crippen molar-refractivity contribution < 1.29 is 4.79 Å². The molecule has 0 aromatic heterocycles. The van der Waals surface area contributed by atoms with Crippen molar-refractivity contribution in [2.75, 3.05) is 11.5 Å². The molecule has 1 atom stereocenters. The molecule has 1 spiro atoms. The zero-order chi connectivity index (χ0) is 10.9. The van der Waals surface area contributed by atoms with Crippen LogP contribution in [0.5, 0.6) is 0 Å². The third kappa shape index (κ3) is 2.32. The second-order valence-electron chi connectivity index (χ2n) is 5.40. The summed E-state index contributed by atoms with van der Waals surface area (Å²) in [5.41, 5.74) is 0.312. The molecule has 3 heteroatoms. The van der Waals surface area contributed by atoms with Gasteiger partial charge in [0.1, 0.15) is 0 Å². The van der Waals surface area contributed by atoms with Crippen LogP contribution in [-0.4, -0.2) is 23.5 Å². The van der Waals surface area contributed by atoms with Gasteiger partial charge in [-0.25, -0.2) is 0 Å². The largest absolute Gasteiger partial charge is 0.353 e. The van der Waals surface area contributed by atoms with Crippen LogP contribution in [0.4, 0.5) is 0 Å². The number of hydrogen-bond donors (Lipinski definition) is 1. The molecule has 1 amide bonds. The number of rotatable bonds is 2. The number of hydrogen-bond acceptors (Lipinski definition) is 2. The first kappa shape index (κ1) is 11.3. The summed E-state index contributed by atoms with van der Waals surface area (Å²) in [6.07, 6.45) is 4.39. The quantitative estimate of drug-likeness (QED) is 0.785. The van der Waals surface area contributed by atoms with Crippen LogP contribution in [0.1, 0.15) is 39.5 Å². The first-order valence-electron chi connectivity index (χ1n) is 5.99. The molecule has 0 radical (unpaired) electrons. The first-order chi connectivity index (χ1) is 7.12. The fourth-order valence-corrected chi connectivity index (χ4v) is 4.23. The van der Waals surface area contributed by atoms with Gasteiger partial charge in [-0.3, -0.25) is 4.79 Å². The molecule has 2 aliphatic heterocycles. The summed E-state index contributed by atoms with van der Waals surface area (Å²) in [5, 5.41) is 3.20. The van der Waals surface area contributed by atoms with E-state index >= 15 is 0 Å². The third-order valence-corrected chi connectivity index (χ3v) is 4.77. The summed E-state index contributed by atoms with van der Waals surface area (Å²) in [7, 11) is 0. The second-order valence-corrected chi connectivity index (χ2v) is 6.63. The summed E-state index contributed by atoms with van der Waals surface area (Å²) in [4.78, 5) is 11.6. The molecule has 2 heterocycles. The lowest BCUT2D eigenvalue weighted by atomic mass is 9.73. The average Bonchev–Trinajstić information content (AvgIpc) is 2.43. The zero-order valence-electron chi connectivity index (χ0n) is 9.71. The molecule has 2 saturated heterocycles. The van der Waals surface area contributed by atoms with Gasteiger partial charge >= 0.3 is 0 Å². The number of carbonyl (C=O) groups is 1. The predicted molar refractivity (Wildman–Crippen MR) is 65.0 cm³/mol. The van der Waals surface area contributed by atoms with Gasteiger partial charge in [-0.05, 0) is 36.7 Å². The van der Waals surface area contributed by atoms with Crippen LogP contribution in [0.25, 0.3) is 0 Å². The van der Waals surface area contributed by atoms with Crippen molar-refractivity contribution in [1.29, 1.82) is 0 Å². The molecule has 2 aliphatic rings. The molecule has 1 N–H and O–H groups in total. The number of nitrogens with one attached hydrogen (secondary N) is 1. The molecule has 0 aromatic rings. The van der Waals surface area contributed by atoms with Gasteiger partial charge in [-0.15, -0.1) is 0 Å².